The number of aliphatic hydroxyl groups excluding tert-OH is 1. The van der Waals surface area contributed by atoms with Crippen LogP contribution in [0.5, 0.6) is 0 Å². The molecule has 26 heavy (non-hydrogen) atoms. The van der Waals surface area contributed by atoms with E-state index in [1.54, 1.807) is 0 Å². The Morgan fingerprint density at radius 1 is 0.769 bits per heavy atom. The van der Waals surface area contributed by atoms with Gasteiger partial charge in [0.15, 0.2) is 0 Å². The highest BCUT2D eigenvalue weighted by Crippen LogP contribution is 2.09. The fraction of sp³-hybridized carbons (Fsp3) is 0.864. The molecule has 0 heterocycles. The van der Waals surface area contributed by atoms with E-state index < -0.39 is 12.6 Å². The van der Waals surface area contributed by atoms with Crippen molar-refractivity contribution in [3.05, 3.63) is 12.2 Å². The molecule has 0 fully saturated rings. The molecule has 0 rings (SSSR count). The number of hydrogen-bond acceptors (Lipinski definition) is 3. The molecule has 0 aromatic rings. The zero-order chi connectivity index (χ0) is 19.9. The summed E-state index contributed by atoms with van der Waals surface area (Å²) in [6, 6.07) is 0. The molecule has 156 valence electrons. The van der Waals surface area contributed by atoms with Crippen LogP contribution in [0.1, 0.15) is 96.8 Å². The lowest BCUT2D eigenvalue weighted by Crippen LogP contribution is -2.12. The van der Waals surface area contributed by atoms with Crippen LogP contribution in [0.15, 0.2) is 12.2 Å². The van der Waals surface area contributed by atoms with Gasteiger partial charge in [0.05, 0.1) is 0 Å². The van der Waals surface area contributed by atoms with E-state index >= 15 is 0 Å². The van der Waals surface area contributed by atoms with Crippen LogP contribution in [0, 0.1) is 0 Å². The van der Waals surface area contributed by atoms with Crippen molar-refractivity contribution in [2.24, 2.45) is 0 Å². The Morgan fingerprint density at radius 2 is 1.15 bits per heavy atom. The van der Waals surface area contributed by atoms with Gasteiger partial charge in [0.25, 0.3) is 0 Å². The van der Waals surface area contributed by atoms with Crippen molar-refractivity contribution in [3.63, 3.8) is 0 Å². The number of nitrogens with zero attached hydrogens (tertiary/aromatic N) is 1. The van der Waals surface area contributed by atoms with Crippen LogP contribution in [0.25, 0.3) is 0 Å². The lowest BCUT2D eigenvalue weighted by Gasteiger charge is -2.08. The Kier molecular flexibility index (Phi) is 25.4. The second-order valence-corrected chi connectivity index (χ2v) is 7.29. The third-order valence-electron chi connectivity index (χ3n) is 4.25. The van der Waals surface area contributed by atoms with Crippen LogP contribution in [0.3, 0.4) is 0 Å². The molecule has 0 aromatic carbocycles. The van der Waals surface area contributed by atoms with Gasteiger partial charge in [-0.25, -0.2) is 4.79 Å². The highest BCUT2D eigenvalue weighted by atomic mass is 16.4. The Bertz CT molecular complexity index is 304. The Labute approximate surface area is 162 Å². The van der Waals surface area contributed by atoms with Crippen molar-refractivity contribution in [1.82, 2.24) is 4.90 Å². The molecule has 0 spiro atoms. The van der Waals surface area contributed by atoms with Crippen molar-refractivity contribution in [3.8, 4) is 0 Å². The molecule has 0 aliphatic rings. The topological polar surface area (TPSA) is 60.8 Å². The van der Waals surface area contributed by atoms with E-state index in [2.05, 4.69) is 38.1 Å². The van der Waals surface area contributed by atoms with E-state index in [-0.39, 0.29) is 0 Å². The number of hydrogen-bond donors (Lipinski definition) is 2. The molecule has 4 nitrogen and oxygen atoms in total. The standard InChI is InChI=1S/C20H41N.C2H4O3/c1-4-5-6-7-8-9-10-11-12-13-14-15-16-17-18-19-20-21(2)3;3-1-2(4)5/h11-12H,4-10,13-20H2,1-3H3;3H,1H2,(H,4,5)/b12-11-;. The van der Waals surface area contributed by atoms with Gasteiger partial charge in [-0.15, -0.1) is 0 Å². The van der Waals surface area contributed by atoms with Gasteiger partial charge in [-0.1, -0.05) is 76.9 Å². The van der Waals surface area contributed by atoms with Gasteiger partial charge in [-0.05, 0) is 52.7 Å². The summed E-state index contributed by atoms with van der Waals surface area (Å²) in [6.45, 7) is 2.76. The average molecular weight is 372 g/mol. The summed E-state index contributed by atoms with van der Waals surface area (Å²) in [7, 11) is 4.33. The third kappa shape index (κ3) is 31.0. The van der Waals surface area contributed by atoms with Gasteiger partial charge >= 0.3 is 5.97 Å². The predicted octanol–water partition coefficient (Wildman–Crippen LogP) is 5.65. The van der Waals surface area contributed by atoms with Crippen LogP contribution in [0.2, 0.25) is 0 Å². The first-order valence-electron chi connectivity index (χ1n) is 10.7. The molecule has 2 N–H and O–H groups in total. The highest BCUT2D eigenvalue weighted by Gasteiger charge is 1.92. The van der Waals surface area contributed by atoms with Gasteiger partial charge in [-0.3, -0.25) is 0 Å². The molecule has 0 unspecified atom stereocenters. The summed E-state index contributed by atoms with van der Waals surface area (Å²) < 4.78 is 0. The normalized spacial score (nSPS) is 11.0. The van der Waals surface area contributed by atoms with Gasteiger partial charge in [0.2, 0.25) is 0 Å². The van der Waals surface area contributed by atoms with Crippen LogP contribution in [0.4, 0.5) is 0 Å². The van der Waals surface area contributed by atoms with Gasteiger partial charge in [0.1, 0.15) is 6.61 Å². The third-order valence-corrected chi connectivity index (χ3v) is 4.25. The molecular weight excluding hydrogens is 326 g/mol. The molecule has 0 saturated heterocycles. The maximum Gasteiger partial charge on any atom is 0.329 e. The fourth-order valence-electron chi connectivity index (χ4n) is 2.68. The molecule has 0 bridgehead atoms. The number of carboxylic acid groups (broad SMARTS) is 1. The lowest BCUT2D eigenvalue weighted by molar-refractivity contribution is -0.140. The maximum atomic E-state index is 9.12. The molecule has 0 amide bonds. The molecule has 0 atom stereocenters. The number of aliphatic carboxylic acids is 1. The SMILES string of the molecule is CCCCCCCC/C=C\CCCCCCCCN(C)C.O=C(O)CO. The first-order chi connectivity index (χ1) is 12.5. The van der Waals surface area contributed by atoms with Gasteiger partial charge in [0, 0.05) is 0 Å². The summed E-state index contributed by atoms with van der Waals surface area (Å²) in [5.74, 6) is -1.19. The van der Waals surface area contributed by atoms with Crippen molar-refractivity contribution >= 4 is 5.97 Å². The zero-order valence-electron chi connectivity index (χ0n) is 17.7. The minimum atomic E-state index is -1.19. The largest absolute Gasteiger partial charge is 0.480 e. The highest BCUT2D eigenvalue weighted by molar-refractivity contribution is 5.67. The van der Waals surface area contributed by atoms with E-state index in [9.17, 15) is 0 Å². The number of carbonyl (C=O) groups is 1. The van der Waals surface area contributed by atoms with Crippen molar-refractivity contribution < 1.29 is 15.0 Å². The number of allylic oxidation sites excluding steroid dienone is 2. The number of carboxylic acids is 1. The molecule has 4 heteroatoms. The number of aliphatic hydroxyl groups is 1. The zero-order valence-corrected chi connectivity index (χ0v) is 17.7. The van der Waals surface area contributed by atoms with Crippen LogP contribution < -0.4 is 0 Å². The van der Waals surface area contributed by atoms with Crippen molar-refractivity contribution in [2.75, 3.05) is 27.2 Å². The summed E-state index contributed by atoms with van der Waals surface area (Å²) in [5.41, 5.74) is 0. The lowest BCUT2D eigenvalue weighted by atomic mass is 10.1. The van der Waals surface area contributed by atoms with E-state index in [1.165, 1.54) is 96.4 Å². The van der Waals surface area contributed by atoms with Crippen LogP contribution >= 0.6 is 0 Å². The minimum Gasteiger partial charge on any atom is -0.480 e. The first kappa shape index (κ1) is 27.3. The quantitative estimate of drug-likeness (QED) is 0.256. The van der Waals surface area contributed by atoms with Crippen LogP contribution in [-0.2, 0) is 4.79 Å². The van der Waals surface area contributed by atoms with Gasteiger partial charge < -0.3 is 15.1 Å². The van der Waals surface area contributed by atoms with E-state index in [0.717, 1.165) is 0 Å². The Balaban J connectivity index is 0. The Hall–Kier alpha value is -0.870. The van der Waals surface area contributed by atoms with Gasteiger partial charge in [-0.2, -0.15) is 0 Å². The van der Waals surface area contributed by atoms with Crippen molar-refractivity contribution in [1.29, 1.82) is 0 Å². The molecule has 0 aliphatic carbocycles. The fourth-order valence-corrected chi connectivity index (χ4v) is 2.68. The molecular formula is C22H45NO3. The molecule has 0 saturated carbocycles. The molecule has 0 aromatic heterocycles. The predicted molar refractivity (Wildman–Crippen MR) is 113 cm³/mol. The van der Waals surface area contributed by atoms with E-state index in [0.29, 0.717) is 0 Å². The molecule has 0 radical (unpaired) electrons. The summed E-state index contributed by atoms with van der Waals surface area (Å²) >= 11 is 0. The monoisotopic (exact) mass is 371 g/mol. The first-order valence-corrected chi connectivity index (χ1v) is 10.7. The second kappa shape index (κ2) is 24.1. The maximum absolute atomic E-state index is 9.12. The summed E-state index contributed by atoms with van der Waals surface area (Å²) in [6.07, 6.45) is 24.3. The summed E-state index contributed by atoms with van der Waals surface area (Å²) in [5, 5.41) is 15.0. The number of unbranched alkanes of at least 4 members (excludes halogenated alkanes) is 12. The van der Waals surface area contributed by atoms with E-state index in [1.807, 2.05) is 0 Å². The van der Waals surface area contributed by atoms with E-state index in [4.69, 9.17) is 15.0 Å². The van der Waals surface area contributed by atoms with Crippen LogP contribution in [-0.4, -0.2) is 48.3 Å². The smallest absolute Gasteiger partial charge is 0.329 e. The van der Waals surface area contributed by atoms with Crippen molar-refractivity contribution in [2.45, 2.75) is 96.8 Å². The summed E-state index contributed by atoms with van der Waals surface area (Å²) in [4.78, 5) is 11.4. The average Bonchev–Trinajstić information content (AvgIpc) is 2.61. The minimum absolute atomic E-state index is 0.778. The second-order valence-electron chi connectivity index (χ2n) is 7.29. The Morgan fingerprint density at radius 3 is 1.54 bits per heavy atom. The molecule has 0 aliphatic heterocycles. The number of rotatable bonds is 17.